The van der Waals surface area contributed by atoms with Gasteiger partial charge in [0.05, 0.1) is 6.61 Å². The first-order valence-corrected chi connectivity index (χ1v) is 5.20. The van der Waals surface area contributed by atoms with Gasteiger partial charge in [-0.25, -0.2) is 0 Å². The highest BCUT2D eigenvalue weighted by atomic mass is 16.5. The average Bonchev–Trinajstić information content (AvgIpc) is 2.67. The first-order chi connectivity index (χ1) is 7.13. The molecule has 1 unspecified atom stereocenters. The summed E-state index contributed by atoms with van der Waals surface area (Å²) in [5, 5.41) is 0. The second kappa shape index (κ2) is 2.61. The van der Waals surface area contributed by atoms with Crippen LogP contribution in [-0.2, 0) is 10.5 Å². The molecule has 0 spiro atoms. The predicted octanol–water partition coefficient (Wildman–Crippen LogP) is 1.65. The summed E-state index contributed by atoms with van der Waals surface area (Å²) >= 11 is 0. The average molecular weight is 203 g/mol. The third kappa shape index (κ3) is 0.960. The van der Waals surface area contributed by atoms with Crippen molar-refractivity contribution in [3.8, 4) is 0 Å². The summed E-state index contributed by atoms with van der Waals surface area (Å²) in [7, 11) is 0. The zero-order valence-corrected chi connectivity index (χ0v) is 8.91. The third-order valence-corrected chi connectivity index (χ3v) is 3.36. The summed E-state index contributed by atoms with van der Waals surface area (Å²) in [6.07, 6.45) is 0. The molecule has 2 heterocycles. The summed E-state index contributed by atoms with van der Waals surface area (Å²) in [5.74, 6) is 0.102. The van der Waals surface area contributed by atoms with Gasteiger partial charge < -0.3 is 9.64 Å². The Labute approximate surface area is 88.6 Å². The zero-order chi connectivity index (χ0) is 10.6. The molecule has 15 heavy (non-hydrogen) atoms. The molecule has 1 aromatic rings. The van der Waals surface area contributed by atoms with E-state index in [1.807, 2.05) is 30.9 Å². The van der Waals surface area contributed by atoms with Gasteiger partial charge in [0, 0.05) is 17.7 Å². The van der Waals surface area contributed by atoms with E-state index in [0.717, 1.165) is 11.1 Å². The van der Waals surface area contributed by atoms with Crippen LogP contribution >= 0.6 is 0 Å². The van der Waals surface area contributed by atoms with Gasteiger partial charge in [-0.05, 0) is 19.9 Å². The third-order valence-electron chi connectivity index (χ3n) is 3.36. The van der Waals surface area contributed by atoms with Crippen molar-refractivity contribution in [2.45, 2.75) is 19.6 Å². The largest absolute Gasteiger partial charge is 0.350 e. The quantitative estimate of drug-likeness (QED) is 0.641. The Bertz CT molecular complexity index is 455. The maximum Gasteiger partial charge on any atom is 0.256 e. The summed E-state index contributed by atoms with van der Waals surface area (Å²) in [6, 6.07) is 5.93. The molecular formula is C12H13NO2. The lowest BCUT2D eigenvalue weighted by Gasteiger charge is -2.26. The topological polar surface area (TPSA) is 29.5 Å². The first-order valence-electron chi connectivity index (χ1n) is 5.20. The SMILES string of the molecule is Cc1ccc2c(c1)C1(C)OCCN1C2=O. The molecule has 2 aliphatic rings. The minimum Gasteiger partial charge on any atom is -0.350 e. The van der Waals surface area contributed by atoms with Crippen molar-refractivity contribution in [3.63, 3.8) is 0 Å². The van der Waals surface area contributed by atoms with Crippen molar-refractivity contribution < 1.29 is 9.53 Å². The molecule has 1 amide bonds. The number of ether oxygens (including phenoxy) is 1. The summed E-state index contributed by atoms with van der Waals surface area (Å²) in [4.78, 5) is 13.9. The predicted molar refractivity (Wildman–Crippen MR) is 55.5 cm³/mol. The van der Waals surface area contributed by atoms with Crippen LogP contribution < -0.4 is 0 Å². The number of carbonyl (C=O) groups is 1. The van der Waals surface area contributed by atoms with Crippen molar-refractivity contribution in [1.82, 2.24) is 4.90 Å². The zero-order valence-electron chi connectivity index (χ0n) is 8.91. The molecule has 0 aliphatic carbocycles. The van der Waals surface area contributed by atoms with Gasteiger partial charge in [-0.1, -0.05) is 17.7 Å². The maximum absolute atomic E-state index is 12.0. The first kappa shape index (κ1) is 8.92. The van der Waals surface area contributed by atoms with Gasteiger partial charge in [0.25, 0.3) is 5.91 Å². The van der Waals surface area contributed by atoms with Crippen molar-refractivity contribution in [2.24, 2.45) is 0 Å². The van der Waals surface area contributed by atoms with E-state index in [4.69, 9.17) is 4.74 Å². The Kier molecular flexibility index (Phi) is 1.55. The molecule has 0 bridgehead atoms. The number of aryl methyl sites for hydroxylation is 1. The van der Waals surface area contributed by atoms with Crippen LogP contribution in [0.15, 0.2) is 18.2 Å². The van der Waals surface area contributed by atoms with E-state index in [1.165, 1.54) is 5.56 Å². The summed E-state index contributed by atoms with van der Waals surface area (Å²) < 4.78 is 5.72. The lowest BCUT2D eigenvalue weighted by atomic mass is 10.0. The van der Waals surface area contributed by atoms with Gasteiger partial charge in [0.15, 0.2) is 5.72 Å². The number of carbonyl (C=O) groups excluding carboxylic acids is 1. The highest BCUT2D eigenvalue weighted by Crippen LogP contribution is 2.42. The van der Waals surface area contributed by atoms with E-state index in [-0.39, 0.29) is 5.91 Å². The Morgan fingerprint density at radius 3 is 3.07 bits per heavy atom. The van der Waals surface area contributed by atoms with Gasteiger partial charge in [-0.3, -0.25) is 4.79 Å². The van der Waals surface area contributed by atoms with E-state index in [1.54, 1.807) is 0 Å². The molecule has 0 saturated carbocycles. The molecule has 2 aliphatic heterocycles. The van der Waals surface area contributed by atoms with Crippen LogP contribution in [0.5, 0.6) is 0 Å². The molecular weight excluding hydrogens is 190 g/mol. The van der Waals surface area contributed by atoms with Gasteiger partial charge in [0.1, 0.15) is 0 Å². The maximum atomic E-state index is 12.0. The molecule has 1 fully saturated rings. The van der Waals surface area contributed by atoms with Crippen molar-refractivity contribution in [1.29, 1.82) is 0 Å². The van der Waals surface area contributed by atoms with Gasteiger partial charge in [-0.15, -0.1) is 0 Å². The Balaban J connectivity index is 2.26. The van der Waals surface area contributed by atoms with Gasteiger partial charge >= 0.3 is 0 Å². The lowest BCUT2D eigenvalue weighted by molar-refractivity contribution is -0.0492. The van der Waals surface area contributed by atoms with Crippen molar-refractivity contribution >= 4 is 5.91 Å². The second-order valence-corrected chi connectivity index (χ2v) is 4.34. The minimum absolute atomic E-state index is 0.102. The fourth-order valence-corrected chi connectivity index (χ4v) is 2.52. The highest BCUT2D eigenvalue weighted by Gasteiger charge is 2.50. The summed E-state index contributed by atoms with van der Waals surface area (Å²) in [6.45, 7) is 5.34. The number of rotatable bonds is 0. The van der Waals surface area contributed by atoms with Gasteiger partial charge in [-0.2, -0.15) is 0 Å². The van der Waals surface area contributed by atoms with Crippen molar-refractivity contribution in [2.75, 3.05) is 13.2 Å². The molecule has 3 rings (SSSR count). The monoisotopic (exact) mass is 203 g/mol. The van der Waals surface area contributed by atoms with E-state index < -0.39 is 5.72 Å². The number of amides is 1. The molecule has 1 saturated heterocycles. The van der Waals surface area contributed by atoms with Crippen LogP contribution in [0.1, 0.15) is 28.4 Å². The molecule has 3 nitrogen and oxygen atoms in total. The normalized spacial score (nSPS) is 28.1. The molecule has 0 N–H and O–H groups in total. The molecule has 3 heteroatoms. The Hall–Kier alpha value is -1.35. The molecule has 1 atom stereocenters. The van der Waals surface area contributed by atoms with Crippen molar-refractivity contribution in [3.05, 3.63) is 34.9 Å². The molecule has 78 valence electrons. The number of benzene rings is 1. The van der Waals surface area contributed by atoms with Crippen LogP contribution in [0.4, 0.5) is 0 Å². The van der Waals surface area contributed by atoms with E-state index >= 15 is 0 Å². The molecule has 1 aromatic carbocycles. The Morgan fingerprint density at radius 2 is 2.27 bits per heavy atom. The fourth-order valence-electron chi connectivity index (χ4n) is 2.52. The second-order valence-electron chi connectivity index (χ2n) is 4.34. The van der Waals surface area contributed by atoms with E-state index in [9.17, 15) is 4.79 Å². The standard InChI is InChI=1S/C12H13NO2/c1-8-3-4-9-10(7-8)12(2)13(11(9)14)5-6-15-12/h3-4,7H,5-6H2,1-2H3. The van der Waals surface area contributed by atoms with Crippen LogP contribution in [0.25, 0.3) is 0 Å². The minimum atomic E-state index is -0.515. The van der Waals surface area contributed by atoms with E-state index in [2.05, 4.69) is 6.07 Å². The smallest absolute Gasteiger partial charge is 0.256 e. The van der Waals surface area contributed by atoms with Gasteiger partial charge in [0.2, 0.25) is 0 Å². The van der Waals surface area contributed by atoms with Crippen LogP contribution in [-0.4, -0.2) is 24.0 Å². The number of hydrogen-bond acceptors (Lipinski definition) is 2. The Morgan fingerprint density at radius 1 is 1.47 bits per heavy atom. The molecule has 0 radical (unpaired) electrons. The molecule has 0 aromatic heterocycles. The van der Waals surface area contributed by atoms with Crippen LogP contribution in [0.2, 0.25) is 0 Å². The van der Waals surface area contributed by atoms with Crippen LogP contribution in [0, 0.1) is 6.92 Å². The fraction of sp³-hybridized carbons (Fsp3) is 0.417. The summed E-state index contributed by atoms with van der Waals surface area (Å²) in [5.41, 5.74) is 2.46. The van der Waals surface area contributed by atoms with Crippen LogP contribution in [0.3, 0.4) is 0 Å². The number of hydrogen-bond donors (Lipinski definition) is 0. The number of fused-ring (bicyclic) bond motifs is 3. The lowest BCUT2D eigenvalue weighted by Crippen LogP contribution is -2.36. The highest BCUT2D eigenvalue weighted by molar-refractivity contribution is 6.00. The van der Waals surface area contributed by atoms with E-state index in [0.29, 0.717) is 13.2 Å². The number of nitrogens with zero attached hydrogens (tertiary/aromatic N) is 1.